The topological polar surface area (TPSA) is 56.2 Å². The summed E-state index contributed by atoms with van der Waals surface area (Å²) >= 11 is 0. The van der Waals surface area contributed by atoms with Crippen molar-refractivity contribution < 1.29 is 22.7 Å². The monoisotopic (exact) mass is 363 g/mol. The molecule has 5 nitrogen and oxygen atoms in total. The number of alkyl halides is 3. The van der Waals surface area contributed by atoms with Crippen molar-refractivity contribution in [3.63, 3.8) is 0 Å². The molecule has 3 aromatic rings. The van der Waals surface area contributed by atoms with E-state index in [1.54, 1.807) is 41.0 Å². The summed E-state index contributed by atoms with van der Waals surface area (Å²) in [6.07, 6.45) is -4.45. The van der Waals surface area contributed by atoms with E-state index in [9.17, 15) is 18.0 Å². The first-order chi connectivity index (χ1) is 12.4. The Morgan fingerprint density at radius 1 is 1.08 bits per heavy atom. The molecule has 0 bridgehead atoms. The fourth-order valence-corrected chi connectivity index (χ4v) is 2.47. The maximum Gasteiger partial charge on any atom is 0.405 e. The average molecular weight is 363 g/mol. The highest BCUT2D eigenvalue weighted by Gasteiger charge is 2.28. The number of amides is 1. The zero-order valence-electron chi connectivity index (χ0n) is 13.7. The number of halogens is 3. The Balaban J connectivity index is 1.79. The number of imidazole rings is 1. The maximum atomic E-state index is 12.3. The van der Waals surface area contributed by atoms with Gasteiger partial charge in [0.1, 0.15) is 31.3 Å². The summed E-state index contributed by atoms with van der Waals surface area (Å²) in [6.45, 7) is -1.55. The molecular weight excluding hydrogens is 347 g/mol. The smallest absolute Gasteiger partial charge is 0.405 e. The number of carbonyl (C=O) groups is 1. The Kier molecular flexibility index (Phi) is 5.11. The van der Waals surface area contributed by atoms with Gasteiger partial charge in [-0.1, -0.05) is 30.3 Å². The van der Waals surface area contributed by atoms with Gasteiger partial charge in [-0.3, -0.25) is 4.79 Å². The molecule has 1 amide bonds. The van der Waals surface area contributed by atoms with Crippen molar-refractivity contribution in [1.29, 1.82) is 0 Å². The number of aromatic nitrogens is 2. The number of rotatable bonds is 6. The highest BCUT2D eigenvalue weighted by Crippen LogP contribution is 2.18. The molecule has 0 atom stereocenters. The zero-order valence-corrected chi connectivity index (χ0v) is 13.7. The van der Waals surface area contributed by atoms with Crippen LogP contribution in [-0.4, -0.2) is 28.2 Å². The van der Waals surface area contributed by atoms with Gasteiger partial charge in [-0.2, -0.15) is 13.2 Å². The first-order valence-electron chi connectivity index (χ1n) is 7.88. The summed E-state index contributed by atoms with van der Waals surface area (Å²) in [6, 6.07) is 16.2. The van der Waals surface area contributed by atoms with Crippen LogP contribution in [0.3, 0.4) is 0 Å². The second kappa shape index (κ2) is 7.47. The Labute approximate surface area is 147 Å². The van der Waals surface area contributed by atoms with E-state index in [1.807, 2.05) is 23.5 Å². The van der Waals surface area contributed by atoms with Crippen LogP contribution >= 0.6 is 0 Å². The van der Waals surface area contributed by atoms with Crippen LogP contribution in [-0.2, 0) is 17.9 Å². The second-order valence-electron chi connectivity index (χ2n) is 5.60. The molecule has 0 saturated heterocycles. The van der Waals surface area contributed by atoms with Gasteiger partial charge in [0.2, 0.25) is 5.91 Å². The lowest BCUT2D eigenvalue weighted by Gasteiger charge is -2.12. The lowest BCUT2D eigenvalue weighted by Crippen LogP contribution is -2.36. The van der Waals surface area contributed by atoms with Gasteiger partial charge in [0, 0.05) is 0 Å². The number of benzene rings is 2. The van der Waals surface area contributed by atoms with Gasteiger partial charge in [0.25, 0.3) is 0 Å². The van der Waals surface area contributed by atoms with Crippen LogP contribution in [0.1, 0.15) is 5.82 Å². The van der Waals surface area contributed by atoms with Crippen molar-refractivity contribution in [1.82, 2.24) is 14.9 Å². The molecule has 136 valence electrons. The van der Waals surface area contributed by atoms with Crippen molar-refractivity contribution in [3.8, 4) is 5.75 Å². The molecule has 1 N–H and O–H groups in total. The molecule has 3 rings (SSSR count). The minimum atomic E-state index is -4.45. The first-order valence-corrected chi connectivity index (χ1v) is 7.88. The summed E-state index contributed by atoms with van der Waals surface area (Å²) in [5.41, 5.74) is 1.30. The van der Waals surface area contributed by atoms with Crippen LogP contribution < -0.4 is 10.1 Å². The van der Waals surface area contributed by atoms with Crippen LogP contribution in [0.2, 0.25) is 0 Å². The van der Waals surface area contributed by atoms with Gasteiger partial charge in [-0.25, -0.2) is 4.98 Å². The molecule has 8 heteroatoms. The molecule has 0 aliphatic rings. The summed E-state index contributed by atoms with van der Waals surface area (Å²) < 4.78 is 44.1. The highest BCUT2D eigenvalue weighted by molar-refractivity contribution is 5.81. The molecule has 0 unspecified atom stereocenters. The van der Waals surface area contributed by atoms with Crippen molar-refractivity contribution in [2.45, 2.75) is 19.3 Å². The summed E-state index contributed by atoms with van der Waals surface area (Å²) in [5, 5.41) is 1.87. The summed E-state index contributed by atoms with van der Waals surface area (Å²) in [4.78, 5) is 16.4. The Morgan fingerprint density at radius 2 is 1.77 bits per heavy atom. The molecule has 0 aliphatic heterocycles. The van der Waals surface area contributed by atoms with Crippen molar-refractivity contribution in [2.24, 2.45) is 0 Å². The number of ether oxygens (including phenoxy) is 1. The minimum Gasteiger partial charge on any atom is -0.486 e. The van der Waals surface area contributed by atoms with E-state index in [0.29, 0.717) is 22.6 Å². The van der Waals surface area contributed by atoms with Crippen LogP contribution in [0, 0.1) is 0 Å². The number of carbonyl (C=O) groups excluding carboxylic acids is 1. The molecule has 1 heterocycles. The predicted molar refractivity (Wildman–Crippen MR) is 89.6 cm³/mol. The normalized spacial score (nSPS) is 11.5. The average Bonchev–Trinajstić information content (AvgIpc) is 2.96. The maximum absolute atomic E-state index is 12.3. The molecule has 0 radical (unpaired) electrons. The van der Waals surface area contributed by atoms with Gasteiger partial charge in [-0.15, -0.1) is 0 Å². The molecular formula is C18H16F3N3O2. The number of hydrogen-bond acceptors (Lipinski definition) is 3. The van der Waals surface area contributed by atoms with Crippen molar-refractivity contribution in [3.05, 3.63) is 60.4 Å². The van der Waals surface area contributed by atoms with E-state index >= 15 is 0 Å². The number of para-hydroxylation sites is 3. The molecule has 0 fully saturated rings. The number of nitrogens with zero attached hydrogens (tertiary/aromatic N) is 2. The Bertz CT molecular complexity index is 892. The lowest BCUT2D eigenvalue weighted by molar-refractivity contribution is -0.138. The molecule has 1 aromatic heterocycles. The van der Waals surface area contributed by atoms with E-state index < -0.39 is 18.6 Å². The minimum absolute atomic E-state index is 0.0885. The van der Waals surface area contributed by atoms with Crippen LogP contribution in [0.5, 0.6) is 5.75 Å². The largest absolute Gasteiger partial charge is 0.486 e. The zero-order chi connectivity index (χ0) is 18.6. The van der Waals surface area contributed by atoms with Crippen molar-refractivity contribution >= 4 is 16.9 Å². The number of hydrogen-bond donors (Lipinski definition) is 1. The quantitative estimate of drug-likeness (QED) is 0.731. The van der Waals surface area contributed by atoms with Gasteiger partial charge in [0.05, 0.1) is 11.0 Å². The van der Waals surface area contributed by atoms with Crippen LogP contribution in [0.15, 0.2) is 54.6 Å². The van der Waals surface area contributed by atoms with E-state index in [2.05, 4.69) is 4.98 Å². The van der Waals surface area contributed by atoms with E-state index in [-0.39, 0.29) is 13.2 Å². The van der Waals surface area contributed by atoms with Crippen LogP contribution in [0.4, 0.5) is 13.2 Å². The molecule has 0 spiro atoms. The van der Waals surface area contributed by atoms with Crippen molar-refractivity contribution in [2.75, 3.05) is 6.54 Å². The van der Waals surface area contributed by atoms with Gasteiger partial charge < -0.3 is 14.6 Å². The van der Waals surface area contributed by atoms with E-state index in [0.717, 1.165) is 0 Å². The predicted octanol–water partition coefficient (Wildman–Crippen LogP) is 3.29. The standard InChI is InChI=1S/C18H16F3N3O2/c19-18(20,21)12-22-17(25)10-24-15-9-5-4-8-14(15)23-16(24)11-26-13-6-2-1-3-7-13/h1-9H,10-12H2,(H,22,25). The Hall–Kier alpha value is -3.03. The molecule has 26 heavy (non-hydrogen) atoms. The van der Waals surface area contributed by atoms with Gasteiger partial charge in [0.15, 0.2) is 0 Å². The Morgan fingerprint density at radius 3 is 2.50 bits per heavy atom. The number of fused-ring (bicyclic) bond motifs is 1. The van der Waals surface area contributed by atoms with E-state index in [4.69, 9.17) is 4.74 Å². The molecule has 0 aliphatic carbocycles. The third-order valence-corrected chi connectivity index (χ3v) is 3.63. The van der Waals surface area contributed by atoms with Crippen LogP contribution in [0.25, 0.3) is 11.0 Å². The van der Waals surface area contributed by atoms with Gasteiger partial charge in [-0.05, 0) is 24.3 Å². The SMILES string of the molecule is O=C(Cn1c(COc2ccccc2)nc2ccccc21)NCC(F)(F)F. The molecule has 0 saturated carbocycles. The first kappa shape index (κ1) is 17.8. The summed E-state index contributed by atoms with van der Waals surface area (Å²) in [5.74, 6) is 0.344. The second-order valence-corrected chi connectivity index (χ2v) is 5.60. The molecule has 2 aromatic carbocycles. The fraction of sp³-hybridized carbons (Fsp3) is 0.222. The lowest BCUT2D eigenvalue weighted by atomic mass is 10.3. The van der Waals surface area contributed by atoms with E-state index in [1.165, 1.54) is 0 Å². The summed E-state index contributed by atoms with van der Waals surface area (Å²) in [7, 11) is 0. The van der Waals surface area contributed by atoms with Gasteiger partial charge >= 0.3 is 6.18 Å². The third-order valence-electron chi connectivity index (χ3n) is 3.63. The highest BCUT2D eigenvalue weighted by atomic mass is 19.4. The fourth-order valence-electron chi connectivity index (χ4n) is 2.47. The third kappa shape index (κ3) is 4.53. The number of nitrogens with one attached hydrogen (secondary N) is 1.